The van der Waals surface area contributed by atoms with Crippen LogP contribution < -0.4 is 5.56 Å². The molecule has 0 bridgehead atoms. The van der Waals surface area contributed by atoms with Gasteiger partial charge in [-0.1, -0.05) is 12.1 Å². The van der Waals surface area contributed by atoms with E-state index in [4.69, 9.17) is 4.74 Å². The molecule has 2 aliphatic rings. The van der Waals surface area contributed by atoms with E-state index in [2.05, 4.69) is 23.7 Å². The van der Waals surface area contributed by atoms with Gasteiger partial charge in [-0.25, -0.2) is 4.98 Å². The predicted octanol–water partition coefficient (Wildman–Crippen LogP) is 2.16. The maximum Gasteiger partial charge on any atom is 0.302 e. The van der Waals surface area contributed by atoms with Gasteiger partial charge in [-0.15, -0.1) is 0 Å². The Hall–Kier alpha value is -2.54. The summed E-state index contributed by atoms with van der Waals surface area (Å²) in [4.78, 5) is 44.3. The number of hydrogen-bond donors (Lipinski definition) is 0. The Morgan fingerprint density at radius 3 is 2.79 bits per heavy atom. The second kappa shape index (κ2) is 7.37. The largest absolute Gasteiger partial charge is 0.461 e. The number of piperidine rings is 2. The molecule has 0 saturated carbocycles. The van der Waals surface area contributed by atoms with Crippen LogP contribution in [-0.2, 0) is 20.9 Å². The fraction of sp³-hybridized carbons (Fsp3) is 0.545. The number of benzene rings is 1. The summed E-state index contributed by atoms with van der Waals surface area (Å²) in [6, 6.07) is 7.14. The molecule has 0 amide bonds. The molecule has 4 rings (SSSR count). The van der Waals surface area contributed by atoms with Gasteiger partial charge in [0.2, 0.25) is 0 Å². The van der Waals surface area contributed by atoms with Crippen molar-refractivity contribution in [3.63, 3.8) is 0 Å². The number of carbonyl (C=O) groups excluding carboxylic acids is 2. The monoisotopic (exact) mass is 397 g/mol. The molecule has 0 aliphatic carbocycles. The molecule has 0 unspecified atom stereocenters. The summed E-state index contributed by atoms with van der Waals surface area (Å²) >= 11 is 0. The number of Topliss-reactive ketones (excluding diaryl/α,β-unsaturated/α-hetero) is 1. The Morgan fingerprint density at radius 1 is 1.28 bits per heavy atom. The maximum absolute atomic E-state index is 13.2. The summed E-state index contributed by atoms with van der Waals surface area (Å²) in [5.74, 6) is -0.538. The van der Waals surface area contributed by atoms with Crippen LogP contribution in [0.2, 0.25) is 0 Å². The SMILES string of the molecule is CC(=O)O[C@H]1CCCN2[C@@H]1CC(=O)[C@H](Cn1cnc3ccccc3c1=O)C2(C)C. The second-order valence-electron chi connectivity index (χ2n) is 8.65. The third kappa shape index (κ3) is 3.48. The van der Waals surface area contributed by atoms with Crippen molar-refractivity contribution in [3.05, 3.63) is 40.9 Å². The highest BCUT2D eigenvalue weighted by Crippen LogP contribution is 2.40. The zero-order valence-corrected chi connectivity index (χ0v) is 17.1. The van der Waals surface area contributed by atoms with Crippen molar-refractivity contribution >= 4 is 22.7 Å². The number of esters is 1. The minimum Gasteiger partial charge on any atom is -0.461 e. The smallest absolute Gasteiger partial charge is 0.302 e. The van der Waals surface area contributed by atoms with E-state index in [0.29, 0.717) is 23.9 Å². The molecule has 7 heteroatoms. The molecule has 3 atom stereocenters. The third-order valence-electron chi connectivity index (χ3n) is 6.54. The van der Waals surface area contributed by atoms with E-state index in [0.717, 1.165) is 19.4 Å². The van der Waals surface area contributed by atoms with E-state index in [1.165, 1.54) is 13.3 Å². The Bertz CT molecular complexity index is 1010. The van der Waals surface area contributed by atoms with Crippen LogP contribution in [-0.4, -0.2) is 50.4 Å². The second-order valence-corrected chi connectivity index (χ2v) is 8.65. The lowest BCUT2D eigenvalue weighted by atomic mass is 9.72. The van der Waals surface area contributed by atoms with Gasteiger partial charge in [0.15, 0.2) is 0 Å². The van der Waals surface area contributed by atoms with Gasteiger partial charge in [0.1, 0.15) is 11.9 Å². The van der Waals surface area contributed by atoms with Crippen LogP contribution in [0.5, 0.6) is 0 Å². The Balaban J connectivity index is 1.64. The summed E-state index contributed by atoms with van der Waals surface area (Å²) in [6.45, 7) is 6.67. The van der Waals surface area contributed by atoms with Crippen molar-refractivity contribution in [2.45, 2.75) is 64.3 Å². The standard InChI is InChI=1S/C22H27N3O4/c1-14(26)29-20-9-6-10-25-18(20)11-19(27)16(22(25,2)3)12-24-13-23-17-8-5-4-7-15(17)21(24)28/h4-5,7-8,13,16,18,20H,6,9-12H2,1-3H3/t16-,18+,20-/m0/s1. The van der Waals surface area contributed by atoms with E-state index in [-0.39, 0.29) is 35.4 Å². The van der Waals surface area contributed by atoms with Gasteiger partial charge in [0, 0.05) is 25.4 Å². The first-order valence-electron chi connectivity index (χ1n) is 10.2. The Morgan fingerprint density at radius 2 is 2.03 bits per heavy atom. The summed E-state index contributed by atoms with van der Waals surface area (Å²) in [6.07, 6.45) is 3.31. The fourth-order valence-corrected chi connectivity index (χ4v) is 5.03. The van der Waals surface area contributed by atoms with Crippen molar-refractivity contribution in [3.8, 4) is 0 Å². The molecular weight excluding hydrogens is 370 g/mol. The number of carbonyl (C=O) groups is 2. The lowest BCUT2D eigenvalue weighted by Gasteiger charge is -2.55. The van der Waals surface area contributed by atoms with Gasteiger partial charge >= 0.3 is 5.97 Å². The fourth-order valence-electron chi connectivity index (χ4n) is 5.03. The summed E-state index contributed by atoms with van der Waals surface area (Å²) < 4.78 is 7.08. The maximum atomic E-state index is 13.2. The van der Waals surface area contributed by atoms with E-state index < -0.39 is 5.54 Å². The van der Waals surface area contributed by atoms with Gasteiger partial charge in [0.05, 0.1) is 29.2 Å². The molecule has 7 nitrogen and oxygen atoms in total. The number of fused-ring (bicyclic) bond motifs is 2. The molecule has 1 aromatic carbocycles. The number of para-hydroxylation sites is 1. The molecule has 29 heavy (non-hydrogen) atoms. The van der Waals surface area contributed by atoms with E-state index in [9.17, 15) is 14.4 Å². The van der Waals surface area contributed by atoms with Crippen molar-refractivity contribution in [2.24, 2.45) is 5.92 Å². The zero-order valence-electron chi connectivity index (χ0n) is 17.1. The van der Waals surface area contributed by atoms with E-state index in [1.54, 1.807) is 10.6 Å². The van der Waals surface area contributed by atoms with Crippen LogP contribution in [0.15, 0.2) is 35.4 Å². The van der Waals surface area contributed by atoms with Crippen LogP contribution in [0.1, 0.15) is 40.0 Å². The van der Waals surface area contributed by atoms with E-state index in [1.807, 2.05) is 18.2 Å². The number of ether oxygens (including phenoxy) is 1. The molecule has 0 radical (unpaired) electrons. The molecular formula is C22H27N3O4. The summed E-state index contributed by atoms with van der Waals surface area (Å²) in [5.41, 5.74) is 0.0743. The Labute approximate surface area is 169 Å². The van der Waals surface area contributed by atoms with Crippen molar-refractivity contribution in [2.75, 3.05) is 6.54 Å². The molecule has 0 spiro atoms. The summed E-state index contributed by atoms with van der Waals surface area (Å²) in [7, 11) is 0. The van der Waals surface area contributed by atoms with Crippen LogP contribution in [0.25, 0.3) is 10.9 Å². The van der Waals surface area contributed by atoms with Gasteiger partial charge < -0.3 is 4.74 Å². The number of hydrogen-bond acceptors (Lipinski definition) is 6. The first-order valence-corrected chi connectivity index (χ1v) is 10.2. The zero-order chi connectivity index (χ0) is 20.8. The minimum atomic E-state index is -0.454. The van der Waals surface area contributed by atoms with Crippen molar-refractivity contribution in [1.29, 1.82) is 0 Å². The first kappa shape index (κ1) is 19.8. The number of rotatable bonds is 3. The molecule has 0 N–H and O–H groups in total. The van der Waals surface area contributed by atoms with Crippen LogP contribution >= 0.6 is 0 Å². The van der Waals surface area contributed by atoms with Gasteiger partial charge in [0.25, 0.3) is 5.56 Å². The van der Waals surface area contributed by atoms with Gasteiger partial charge in [-0.05, 0) is 45.4 Å². The normalized spacial score (nSPS) is 26.9. The molecule has 154 valence electrons. The van der Waals surface area contributed by atoms with Crippen LogP contribution in [0.4, 0.5) is 0 Å². The highest BCUT2D eigenvalue weighted by molar-refractivity contribution is 5.84. The highest BCUT2D eigenvalue weighted by Gasteiger charge is 2.51. The molecule has 2 fully saturated rings. The lowest BCUT2D eigenvalue weighted by molar-refractivity contribution is -0.166. The van der Waals surface area contributed by atoms with Gasteiger partial charge in [-0.2, -0.15) is 0 Å². The van der Waals surface area contributed by atoms with Crippen molar-refractivity contribution in [1.82, 2.24) is 14.5 Å². The van der Waals surface area contributed by atoms with Crippen molar-refractivity contribution < 1.29 is 14.3 Å². The average Bonchev–Trinajstić information content (AvgIpc) is 2.67. The first-order chi connectivity index (χ1) is 13.8. The highest BCUT2D eigenvalue weighted by atomic mass is 16.5. The minimum absolute atomic E-state index is 0.0992. The average molecular weight is 397 g/mol. The number of ketones is 1. The molecule has 2 aliphatic heterocycles. The number of nitrogens with zero attached hydrogens (tertiary/aromatic N) is 3. The quantitative estimate of drug-likeness (QED) is 0.739. The predicted molar refractivity (Wildman–Crippen MR) is 108 cm³/mol. The number of aromatic nitrogens is 2. The van der Waals surface area contributed by atoms with Crippen LogP contribution in [0, 0.1) is 5.92 Å². The lowest BCUT2D eigenvalue weighted by Crippen LogP contribution is -2.67. The third-order valence-corrected chi connectivity index (χ3v) is 6.54. The van der Waals surface area contributed by atoms with Crippen LogP contribution in [0.3, 0.4) is 0 Å². The molecule has 2 aromatic rings. The van der Waals surface area contributed by atoms with E-state index >= 15 is 0 Å². The molecule has 3 heterocycles. The molecule has 1 aromatic heterocycles. The topological polar surface area (TPSA) is 81.5 Å². The summed E-state index contributed by atoms with van der Waals surface area (Å²) in [5, 5.41) is 0.557. The Kier molecular flexibility index (Phi) is 5.02. The molecule has 2 saturated heterocycles. The van der Waals surface area contributed by atoms with Gasteiger partial charge in [-0.3, -0.25) is 23.9 Å².